The van der Waals surface area contributed by atoms with Gasteiger partial charge in [0.05, 0.1) is 4.92 Å². The van der Waals surface area contributed by atoms with Crippen molar-refractivity contribution in [3.8, 4) is 0 Å². The topological polar surface area (TPSA) is 111 Å². The number of anilines is 1. The molecule has 0 aliphatic carbocycles. The maximum Gasteiger partial charge on any atom is 0.317 e. The van der Waals surface area contributed by atoms with Crippen LogP contribution in [0.3, 0.4) is 0 Å². The van der Waals surface area contributed by atoms with E-state index in [0.717, 1.165) is 11.5 Å². The van der Waals surface area contributed by atoms with E-state index in [4.69, 9.17) is 5.73 Å². The van der Waals surface area contributed by atoms with Crippen molar-refractivity contribution in [1.82, 2.24) is 4.37 Å². The first-order valence-corrected chi connectivity index (χ1v) is 4.96. The normalized spacial score (nSPS) is 10.2. The summed E-state index contributed by atoms with van der Waals surface area (Å²) in [5, 5.41) is 13.5. The second-order valence-electron chi connectivity index (χ2n) is 2.93. The van der Waals surface area contributed by atoms with Crippen LogP contribution in [0.15, 0.2) is 18.2 Å². The molecule has 7 nitrogen and oxygen atoms in total. The largest absolute Gasteiger partial charge is 0.351 e. The van der Waals surface area contributed by atoms with Gasteiger partial charge in [0.1, 0.15) is 4.70 Å². The molecule has 0 atom stereocenters. The Kier molecular flexibility index (Phi) is 2.41. The predicted molar refractivity (Wildman–Crippen MR) is 59.5 cm³/mol. The van der Waals surface area contributed by atoms with E-state index in [2.05, 4.69) is 9.69 Å². The highest BCUT2D eigenvalue weighted by Gasteiger charge is 2.17. The van der Waals surface area contributed by atoms with Gasteiger partial charge in [0, 0.05) is 11.5 Å². The fourth-order valence-corrected chi connectivity index (χ4v) is 2.12. The highest BCUT2D eigenvalue weighted by molar-refractivity contribution is 7.14. The second-order valence-corrected chi connectivity index (χ2v) is 3.70. The van der Waals surface area contributed by atoms with Crippen molar-refractivity contribution in [1.29, 1.82) is 0 Å². The summed E-state index contributed by atoms with van der Waals surface area (Å²) in [4.78, 5) is 20.9. The average molecular weight is 238 g/mol. The molecule has 0 aliphatic rings. The van der Waals surface area contributed by atoms with Crippen LogP contribution in [0.5, 0.6) is 0 Å². The van der Waals surface area contributed by atoms with Crippen LogP contribution in [0.2, 0.25) is 0 Å². The SMILES string of the molecule is NC(=O)Nc1nsc2c([N+](=O)[O-])cccc12. The molecule has 0 spiro atoms. The Morgan fingerprint density at radius 2 is 2.31 bits per heavy atom. The maximum absolute atomic E-state index is 10.7. The number of non-ortho nitro benzene ring substituents is 1. The van der Waals surface area contributed by atoms with Crippen molar-refractivity contribution >= 4 is 39.2 Å². The van der Waals surface area contributed by atoms with Crippen molar-refractivity contribution in [3.05, 3.63) is 28.3 Å². The number of nitro groups is 1. The second kappa shape index (κ2) is 3.74. The number of rotatable bonds is 2. The number of nitrogens with zero attached hydrogens (tertiary/aromatic N) is 2. The van der Waals surface area contributed by atoms with Crippen molar-refractivity contribution in [2.45, 2.75) is 0 Å². The van der Waals surface area contributed by atoms with Crippen LogP contribution in [0, 0.1) is 10.1 Å². The van der Waals surface area contributed by atoms with Gasteiger partial charge in [-0.05, 0) is 17.6 Å². The van der Waals surface area contributed by atoms with Crippen LogP contribution >= 0.6 is 11.5 Å². The summed E-state index contributed by atoms with van der Waals surface area (Å²) >= 11 is 0.949. The van der Waals surface area contributed by atoms with Gasteiger partial charge in [-0.2, -0.15) is 4.37 Å². The van der Waals surface area contributed by atoms with Gasteiger partial charge >= 0.3 is 6.03 Å². The molecule has 1 aromatic heterocycles. The van der Waals surface area contributed by atoms with E-state index in [1.165, 1.54) is 12.1 Å². The van der Waals surface area contributed by atoms with Gasteiger partial charge in [0.25, 0.3) is 5.69 Å². The van der Waals surface area contributed by atoms with Crippen LogP contribution in [0.25, 0.3) is 10.1 Å². The molecule has 0 saturated carbocycles. The lowest BCUT2D eigenvalue weighted by Crippen LogP contribution is -2.19. The van der Waals surface area contributed by atoms with Crippen LogP contribution in [0.4, 0.5) is 16.3 Å². The number of urea groups is 1. The summed E-state index contributed by atoms with van der Waals surface area (Å²) in [7, 11) is 0. The number of carbonyl (C=O) groups excluding carboxylic acids is 1. The van der Waals surface area contributed by atoms with Crippen molar-refractivity contribution in [2.75, 3.05) is 5.32 Å². The van der Waals surface area contributed by atoms with Crippen LogP contribution in [-0.4, -0.2) is 15.3 Å². The van der Waals surface area contributed by atoms with E-state index in [9.17, 15) is 14.9 Å². The number of hydrogen-bond donors (Lipinski definition) is 2. The fourth-order valence-electron chi connectivity index (χ4n) is 1.30. The van der Waals surface area contributed by atoms with Gasteiger partial charge in [0.15, 0.2) is 5.82 Å². The zero-order valence-corrected chi connectivity index (χ0v) is 8.65. The highest BCUT2D eigenvalue weighted by atomic mass is 32.1. The molecule has 1 aromatic carbocycles. The number of benzene rings is 1. The van der Waals surface area contributed by atoms with Crippen molar-refractivity contribution in [3.63, 3.8) is 0 Å². The first kappa shape index (κ1) is 10.3. The number of nitro benzene ring substituents is 1. The summed E-state index contributed by atoms with van der Waals surface area (Å²) in [6.45, 7) is 0. The number of fused-ring (bicyclic) bond motifs is 1. The van der Waals surface area contributed by atoms with Gasteiger partial charge < -0.3 is 5.73 Å². The highest BCUT2D eigenvalue weighted by Crippen LogP contribution is 2.33. The Morgan fingerprint density at radius 1 is 1.56 bits per heavy atom. The quantitative estimate of drug-likeness (QED) is 0.612. The summed E-state index contributed by atoms with van der Waals surface area (Å²) in [5.74, 6) is 0.246. The number of hydrogen-bond acceptors (Lipinski definition) is 5. The van der Waals surface area contributed by atoms with Gasteiger partial charge in [-0.1, -0.05) is 6.07 Å². The molecule has 2 amide bonds. The molecule has 0 radical (unpaired) electrons. The average Bonchev–Trinajstić information content (AvgIpc) is 2.60. The van der Waals surface area contributed by atoms with Crippen LogP contribution < -0.4 is 11.1 Å². The van der Waals surface area contributed by atoms with Gasteiger partial charge in [-0.15, -0.1) is 0 Å². The molecule has 2 rings (SSSR count). The monoisotopic (exact) mass is 238 g/mol. The molecule has 0 fully saturated rings. The Bertz CT molecular complexity index is 580. The zero-order chi connectivity index (χ0) is 11.7. The lowest BCUT2D eigenvalue weighted by atomic mass is 10.2. The first-order valence-electron chi connectivity index (χ1n) is 4.19. The summed E-state index contributed by atoms with van der Waals surface area (Å²) in [6, 6.07) is 3.80. The third-order valence-electron chi connectivity index (χ3n) is 1.92. The van der Waals surface area contributed by atoms with Crippen molar-refractivity contribution in [2.24, 2.45) is 5.73 Å². The van der Waals surface area contributed by atoms with Gasteiger partial charge in [-0.3, -0.25) is 15.4 Å². The van der Waals surface area contributed by atoms with E-state index in [1.807, 2.05) is 0 Å². The van der Waals surface area contributed by atoms with E-state index < -0.39 is 11.0 Å². The van der Waals surface area contributed by atoms with Crippen LogP contribution in [-0.2, 0) is 0 Å². The minimum atomic E-state index is -0.751. The molecule has 0 saturated heterocycles. The maximum atomic E-state index is 10.7. The summed E-state index contributed by atoms with van der Waals surface area (Å²) < 4.78 is 4.32. The molecule has 1 heterocycles. The molecule has 16 heavy (non-hydrogen) atoms. The smallest absolute Gasteiger partial charge is 0.317 e. The fraction of sp³-hybridized carbons (Fsp3) is 0. The van der Waals surface area contributed by atoms with Crippen molar-refractivity contribution < 1.29 is 9.72 Å². The molecular weight excluding hydrogens is 232 g/mol. The Balaban J connectivity index is 2.61. The van der Waals surface area contributed by atoms with Gasteiger partial charge in [-0.25, -0.2) is 4.79 Å². The minimum absolute atomic E-state index is 0.0347. The number of amides is 2. The van der Waals surface area contributed by atoms with E-state index in [0.29, 0.717) is 10.1 Å². The van der Waals surface area contributed by atoms with E-state index >= 15 is 0 Å². The number of primary amides is 1. The third kappa shape index (κ3) is 1.65. The Labute approximate surface area is 93.2 Å². The summed E-state index contributed by atoms with van der Waals surface area (Å²) in [6.07, 6.45) is 0. The molecule has 8 heteroatoms. The predicted octanol–water partition coefficient (Wildman–Crippen LogP) is 1.70. The molecule has 2 aromatic rings. The zero-order valence-electron chi connectivity index (χ0n) is 7.84. The number of aromatic nitrogens is 1. The standard InChI is InChI=1S/C8H6N4O3S/c9-8(13)10-7-4-2-1-3-5(12(14)15)6(4)16-11-7/h1-3H,(H3,9,10,11,13). The Morgan fingerprint density at radius 3 is 2.94 bits per heavy atom. The molecule has 0 unspecified atom stereocenters. The van der Waals surface area contributed by atoms with E-state index in [1.54, 1.807) is 6.07 Å². The molecule has 3 N–H and O–H groups in total. The van der Waals surface area contributed by atoms with Crippen LogP contribution in [0.1, 0.15) is 0 Å². The molecule has 0 bridgehead atoms. The molecule has 0 aliphatic heterocycles. The number of nitrogens with one attached hydrogen (secondary N) is 1. The van der Waals surface area contributed by atoms with E-state index in [-0.39, 0.29) is 11.5 Å². The lowest BCUT2D eigenvalue weighted by molar-refractivity contribution is -0.382. The Hall–Kier alpha value is -2.22. The number of nitrogens with two attached hydrogens (primary N) is 1. The number of carbonyl (C=O) groups is 1. The summed E-state index contributed by atoms with van der Waals surface area (Å²) in [5.41, 5.74) is 4.92. The van der Waals surface area contributed by atoms with Gasteiger partial charge in [0.2, 0.25) is 0 Å². The first-order chi connectivity index (χ1) is 7.59. The molecular formula is C8H6N4O3S. The lowest BCUT2D eigenvalue weighted by Gasteiger charge is -1.96. The molecule has 82 valence electrons. The minimum Gasteiger partial charge on any atom is -0.351 e. The third-order valence-corrected chi connectivity index (χ3v) is 2.80.